The van der Waals surface area contributed by atoms with Crippen LogP contribution in [0.5, 0.6) is 0 Å². The third-order valence-electron chi connectivity index (χ3n) is 3.49. The van der Waals surface area contributed by atoms with E-state index in [0.717, 1.165) is 18.2 Å². The summed E-state index contributed by atoms with van der Waals surface area (Å²) in [7, 11) is -4.50. The molecule has 27 heavy (non-hydrogen) atoms. The molecule has 0 aliphatic heterocycles. The van der Waals surface area contributed by atoms with E-state index in [0.29, 0.717) is 5.56 Å². The average molecular weight is 389 g/mol. The Morgan fingerprint density at radius 3 is 2.37 bits per heavy atom. The molecular formula is C18H15NO7S. The standard InChI is InChI=1S/C18H15NO7S/c1-11-5-6-12(9-16(11)27(24,25)26)14(10-18(22)23)15-4-2-3-13(19-15)7-8-17(20)21/h2-10H,1H3,(H,20,21)(H,22,23)(H,24,25,26)/b8-7+,14-10+. The van der Waals surface area contributed by atoms with Crippen LogP contribution in [0, 0.1) is 6.92 Å². The Balaban J connectivity index is 2.64. The Labute approximate surface area is 154 Å². The van der Waals surface area contributed by atoms with Gasteiger partial charge in [-0.15, -0.1) is 0 Å². The summed E-state index contributed by atoms with van der Waals surface area (Å²) in [5.41, 5.74) is 1.06. The second-order valence-corrected chi connectivity index (χ2v) is 6.86. The minimum Gasteiger partial charge on any atom is -0.478 e. The van der Waals surface area contributed by atoms with E-state index >= 15 is 0 Å². The van der Waals surface area contributed by atoms with Gasteiger partial charge in [0.2, 0.25) is 0 Å². The third kappa shape index (κ3) is 5.33. The number of hydrogen-bond donors (Lipinski definition) is 3. The zero-order valence-corrected chi connectivity index (χ0v) is 14.8. The fraction of sp³-hybridized carbons (Fsp3) is 0.0556. The highest BCUT2D eigenvalue weighted by atomic mass is 32.2. The maximum Gasteiger partial charge on any atom is 0.329 e. The first-order valence-electron chi connectivity index (χ1n) is 7.49. The van der Waals surface area contributed by atoms with Gasteiger partial charge in [-0.1, -0.05) is 18.2 Å². The summed E-state index contributed by atoms with van der Waals surface area (Å²) in [6.07, 6.45) is 2.98. The van der Waals surface area contributed by atoms with Gasteiger partial charge in [0, 0.05) is 17.7 Å². The van der Waals surface area contributed by atoms with Gasteiger partial charge in [0.25, 0.3) is 10.1 Å². The van der Waals surface area contributed by atoms with Crippen LogP contribution >= 0.6 is 0 Å². The van der Waals surface area contributed by atoms with E-state index in [9.17, 15) is 27.7 Å². The number of aromatic nitrogens is 1. The van der Waals surface area contributed by atoms with Crippen molar-refractivity contribution in [2.24, 2.45) is 0 Å². The zero-order valence-electron chi connectivity index (χ0n) is 14.0. The Morgan fingerprint density at radius 1 is 1.07 bits per heavy atom. The predicted molar refractivity (Wildman–Crippen MR) is 96.6 cm³/mol. The van der Waals surface area contributed by atoms with Crippen molar-refractivity contribution in [1.82, 2.24) is 4.98 Å². The second-order valence-electron chi connectivity index (χ2n) is 5.47. The first kappa shape index (κ1) is 20.0. The number of carboxylic acids is 2. The van der Waals surface area contributed by atoms with Crippen LogP contribution in [0.25, 0.3) is 11.6 Å². The van der Waals surface area contributed by atoms with Gasteiger partial charge in [-0.3, -0.25) is 4.55 Å². The normalized spacial score (nSPS) is 12.3. The molecule has 0 bridgehead atoms. The molecule has 1 aromatic carbocycles. The molecule has 0 spiro atoms. The largest absolute Gasteiger partial charge is 0.478 e. The van der Waals surface area contributed by atoms with E-state index in [2.05, 4.69) is 4.98 Å². The van der Waals surface area contributed by atoms with Crippen LogP contribution in [0.1, 0.15) is 22.5 Å². The van der Waals surface area contributed by atoms with E-state index in [4.69, 9.17) is 5.11 Å². The Kier molecular flexibility index (Phi) is 5.88. The fourth-order valence-corrected chi connectivity index (χ4v) is 3.08. The molecule has 2 aromatic rings. The van der Waals surface area contributed by atoms with Crippen molar-refractivity contribution < 1.29 is 32.8 Å². The summed E-state index contributed by atoms with van der Waals surface area (Å²) in [4.78, 5) is 25.7. The van der Waals surface area contributed by atoms with Crippen molar-refractivity contribution in [3.63, 3.8) is 0 Å². The summed E-state index contributed by atoms with van der Waals surface area (Å²) in [6, 6.07) is 8.67. The van der Waals surface area contributed by atoms with Gasteiger partial charge in [0.15, 0.2) is 0 Å². The minimum atomic E-state index is -4.50. The molecule has 8 nitrogen and oxygen atoms in total. The van der Waals surface area contributed by atoms with Gasteiger partial charge in [0.05, 0.1) is 16.3 Å². The highest BCUT2D eigenvalue weighted by Crippen LogP contribution is 2.26. The van der Waals surface area contributed by atoms with Crippen molar-refractivity contribution in [3.8, 4) is 0 Å². The number of rotatable bonds is 6. The van der Waals surface area contributed by atoms with E-state index in [1.807, 2.05) is 0 Å². The van der Waals surface area contributed by atoms with Crippen LogP contribution in [0.3, 0.4) is 0 Å². The van der Waals surface area contributed by atoms with Crippen LogP contribution in [0.15, 0.2) is 53.4 Å². The van der Waals surface area contributed by atoms with Gasteiger partial charge in [0.1, 0.15) is 0 Å². The number of aryl methyl sites for hydroxylation is 1. The molecule has 0 unspecified atom stereocenters. The van der Waals surface area contributed by atoms with Crippen LogP contribution in [0.4, 0.5) is 0 Å². The zero-order chi connectivity index (χ0) is 20.2. The number of aliphatic carboxylic acids is 2. The second kappa shape index (κ2) is 7.94. The molecule has 1 aromatic heterocycles. The monoisotopic (exact) mass is 389 g/mol. The van der Waals surface area contributed by atoms with Crippen molar-refractivity contribution in [2.45, 2.75) is 11.8 Å². The van der Waals surface area contributed by atoms with E-state index in [1.165, 1.54) is 37.3 Å². The first-order chi connectivity index (χ1) is 12.6. The number of carboxylic acid groups (broad SMARTS) is 2. The lowest BCUT2D eigenvalue weighted by molar-refractivity contribution is -0.132. The van der Waals surface area contributed by atoms with Crippen LogP contribution in [-0.2, 0) is 19.7 Å². The topological polar surface area (TPSA) is 142 Å². The molecule has 2 rings (SSSR count). The highest BCUT2D eigenvalue weighted by molar-refractivity contribution is 7.85. The van der Waals surface area contributed by atoms with Crippen LogP contribution < -0.4 is 0 Å². The van der Waals surface area contributed by atoms with E-state index in [1.54, 1.807) is 6.07 Å². The Bertz CT molecular complexity index is 1070. The smallest absolute Gasteiger partial charge is 0.329 e. The predicted octanol–water partition coefficient (Wildman–Crippen LogP) is 2.25. The average Bonchev–Trinajstić information content (AvgIpc) is 2.57. The molecule has 0 fully saturated rings. The maximum absolute atomic E-state index is 11.5. The minimum absolute atomic E-state index is 0.0953. The molecule has 140 valence electrons. The van der Waals surface area contributed by atoms with E-state index < -0.39 is 22.1 Å². The molecule has 0 aliphatic carbocycles. The maximum atomic E-state index is 11.5. The van der Waals surface area contributed by atoms with Crippen molar-refractivity contribution in [3.05, 3.63) is 71.1 Å². The summed E-state index contributed by atoms with van der Waals surface area (Å²) in [6.45, 7) is 1.49. The Morgan fingerprint density at radius 2 is 1.78 bits per heavy atom. The lowest BCUT2D eigenvalue weighted by Gasteiger charge is -2.10. The summed E-state index contributed by atoms with van der Waals surface area (Å²) < 4.78 is 32.4. The molecular weight excluding hydrogens is 374 g/mol. The van der Waals surface area contributed by atoms with Crippen LogP contribution in [-0.4, -0.2) is 40.1 Å². The third-order valence-corrected chi connectivity index (χ3v) is 4.48. The fourth-order valence-electron chi connectivity index (χ4n) is 2.33. The number of pyridine rings is 1. The number of hydrogen-bond acceptors (Lipinski definition) is 5. The molecule has 0 saturated heterocycles. The number of nitrogens with zero attached hydrogens (tertiary/aromatic N) is 1. The highest BCUT2D eigenvalue weighted by Gasteiger charge is 2.17. The van der Waals surface area contributed by atoms with Crippen LogP contribution in [0.2, 0.25) is 0 Å². The van der Waals surface area contributed by atoms with Gasteiger partial charge in [-0.25, -0.2) is 14.6 Å². The lowest BCUT2D eigenvalue weighted by Crippen LogP contribution is -2.04. The summed E-state index contributed by atoms with van der Waals surface area (Å²) in [5.74, 6) is -2.45. The number of carbonyl (C=O) groups is 2. The lowest BCUT2D eigenvalue weighted by atomic mass is 10.00. The quantitative estimate of drug-likeness (QED) is 0.504. The Hall–Kier alpha value is -3.30. The molecule has 3 N–H and O–H groups in total. The summed E-state index contributed by atoms with van der Waals surface area (Å²) in [5, 5.41) is 17.9. The van der Waals surface area contributed by atoms with Gasteiger partial charge < -0.3 is 10.2 Å². The SMILES string of the molecule is Cc1ccc(/C(=C\C(=O)O)c2cccc(/C=C/C(=O)O)n2)cc1S(=O)(=O)O. The van der Waals surface area contributed by atoms with Crippen molar-refractivity contribution >= 4 is 33.7 Å². The molecule has 0 aliphatic rings. The van der Waals surface area contributed by atoms with Crippen molar-refractivity contribution in [1.29, 1.82) is 0 Å². The molecule has 1 heterocycles. The molecule has 0 atom stereocenters. The molecule has 0 saturated carbocycles. The van der Waals surface area contributed by atoms with Gasteiger partial charge in [-0.05, 0) is 42.3 Å². The summed E-state index contributed by atoms with van der Waals surface area (Å²) >= 11 is 0. The van der Waals surface area contributed by atoms with Gasteiger partial charge >= 0.3 is 11.9 Å². The molecule has 0 radical (unpaired) electrons. The van der Waals surface area contributed by atoms with Gasteiger partial charge in [-0.2, -0.15) is 8.42 Å². The first-order valence-corrected chi connectivity index (χ1v) is 8.93. The molecule has 0 amide bonds. The van der Waals surface area contributed by atoms with E-state index in [-0.39, 0.29) is 27.4 Å². The number of benzene rings is 1. The molecule has 9 heteroatoms. The van der Waals surface area contributed by atoms with Crippen molar-refractivity contribution in [2.75, 3.05) is 0 Å².